The van der Waals surface area contributed by atoms with Crippen LogP contribution in [0.3, 0.4) is 0 Å². The molecule has 0 aromatic carbocycles. The summed E-state index contributed by atoms with van der Waals surface area (Å²) in [6, 6.07) is 0. The number of nitrogens with zero attached hydrogens (tertiary/aromatic N) is 1. The zero-order valence-electron chi connectivity index (χ0n) is 9.27. The molecule has 0 fully saturated rings. The van der Waals surface area contributed by atoms with Gasteiger partial charge in [0.15, 0.2) is 0 Å². The third-order valence-corrected chi connectivity index (χ3v) is 2.51. The molecule has 1 atom stereocenters. The van der Waals surface area contributed by atoms with E-state index < -0.39 is 5.25 Å². The zero-order chi connectivity index (χ0) is 11.5. The minimum absolute atomic E-state index is 0.162. The van der Waals surface area contributed by atoms with Crippen molar-refractivity contribution in [3.63, 3.8) is 0 Å². The molecule has 0 aromatic rings. The molecule has 0 spiro atoms. The van der Waals surface area contributed by atoms with Crippen LogP contribution in [-0.4, -0.2) is 23.9 Å². The largest absolute Gasteiger partial charge is 0.342 e. The van der Waals surface area contributed by atoms with Gasteiger partial charge in [-0.05, 0) is 5.41 Å². The van der Waals surface area contributed by atoms with Crippen LogP contribution >= 0.6 is 23.2 Å². The van der Waals surface area contributed by atoms with E-state index >= 15 is 0 Å². The highest BCUT2D eigenvalue weighted by atomic mass is 35.5. The summed E-state index contributed by atoms with van der Waals surface area (Å²) in [6.45, 7) is 7.16. The second kappa shape index (κ2) is 4.73. The lowest BCUT2D eigenvalue weighted by molar-refractivity contribution is 0.318. The van der Waals surface area contributed by atoms with E-state index in [-0.39, 0.29) is 5.41 Å². The lowest BCUT2D eigenvalue weighted by Crippen LogP contribution is -2.52. The molecule has 1 aliphatic heterocycles. The van der Waals surface area contributed by atoms with Gasteiger partial charge in [-0.3, -0.25) is 5.32 Å². The number of rotatable bonds is 3. The van der Waals surface area contributed by atoms with E-state index in [9.17, 15) is 0 Å². The van der Waals surface area contributed by atoms with Gasteiger partial charge in [0.1, 0.15) is 0 Å². The maximum Gasteiger partial charge on any atom is 0.264 e. The van der Waals surface area contributed by atoms with Crippen LogP contribution in [0.2, 0.25) is 0 Å². The molecule has 0 aliphatic carbocycles. The highest BCUT2D eigenvalue weighted by Gasteiger charge is 2.27. The fourth-order valence-electron chi connectivity index (χ4n) is 0.987. The third-order valence-electron chi connectivity index (χ3n) is 1.86. The Morgan fingerprint density at radius 2 is 2.20 bits per heavy atom. The Kier molecular flexibility index (Phi) is 4.04. The van der Waals surface area contributed by atoms with Crippen LogP contribution in [-0.2, 0) is 0 Å². The number of hydrogen-bond acceptors (Lipinski definition) is 3. The molecule has 15 heavy (non-hydrogen) atoms. The van der Waals surface area contributed by atoms with E-state index in [4.69, 9.17) is 23.2 Å². The third kappa shape index (κ3) is 4.41. The molecule has 1 heterocycles. The van der Waals surface area contributed by atoms with Gasteiger partial charge in [-0.15, -0.1) is 11.6 Å². The van der Waals surface area contributed by atoms with Gasteiger partial charge in [0.25, 0.3) is 5.25 Å². The fourth-order valence-corrected chi connectivity index (χ4v) is 1.30. The molecule has 3 nitrogen and oxygen atoms in total. The van der Waals surface area contributed by atoms with E-state index in [1.54, 1.807) is 12.4 Å². The van der Waals surface area contributed by atoms with Crippen LogP contribution in [0, 0.1) is 5.41 Å². The van der Waals surface area contributed by atoms with Gasteiger partial charge in [0.2, 0.25) is 0 Å². The number of halogens is 2. The van der Waals surface area contributed by atoms with Gasteiger partial charge in [0.05, 0.1) is 5.88 Å². The van der Waals surface area contributed by atoms with Gasteiger partial charge >= 0.3 is 0 Å². The van der Waals surface area contributed by atoms with Crippen molar-refractivity contribution in [1.82, 2.24) is 10.6 Å². The summed E-state index contributed by atoms with van der Waals surface area (Å²) in [4.78, 5) is 4.18. The van der Waals surface area contributed by atoms with Crippen molar-refractivity contribution < 1.29 is 0 Å². The number of nitrogens with one attached hydrogen (secondary N) is 2. The van der Waals surface area contributed by atoms with Crippen molar-refractivity contribution in [3.05, 3.63) is 11.8 Å². The zero-order valence-corrected chi connectivity index (χ0v) is 10.8. The summed E-state index contributed by atoms with van der Waals surface area (Å²) >= 11 is 11.9. The molecule has 2 N–H and O–H groups in total. The summed E-state index contributed by atoms with van der Waals surface area (Å²) in [6.07, 6.45) is 3.47. The number of allylic oxidation sites excluding steroid dienone is 1. The second-order valence-corrected chi connectivity index (χ2v) is 5.61. The highest BCUT2D eigenvalue weighted by molar-refractivity contribution is 6.25. The van der Waals surface area contributed by atoms with Crippen molar-refractivity contribution in [2.45, 2.75) is 26.0 Å². The predicted octanol–water partition coefficient (Wildman–Crippen LogP) is 2.27. The molecule has 0 bridgehead atoms. The van der Waals surface area contributed by atoms with E-state index in [0.717, 1.165) is 12.1 Å². The average Bonchev–Trinajstić information content (AvgIpc) is 2.16. The van der Waals surface area contributed by atoms with Crippen LogP contribution < -0.4 is 10.6 Å². The van der Waals surface area contributed by atoms with Crippen LogP contribution in [0.1, 0.15) is 20.8 Å². The van der Waals surface area contributed by atoms with Gasteiger partial charge in [-0.1, -0.05) is 32.4 Å². The molecule has 0 saturated heterocycles. The molecular formula is C10H17Cl2N3. The summed E-state index contributed by atoms with van der Waals surface area (Å²) in [5, 5.41) is 5.20. The average molecular weight is 250 g/mol. The Hall–Kier alpha value is -0.250. The van der Waals surface area contributed by atoms with Crippen molar-refractivity contribution >= 4 is 29.4 Å². The normalized spacial score (nSPS) is 26.1. The number of alkyl halides is 2. The Balaban J connectivity index is 2.50. The minimum Gasteiger partial charge on any atom is -0.342 e. The fraction of sp³-hybridized carbons (Fsp3) is 0.700. The molecular weight excluding hydrogens is 233 g/mol. The maximum atomic E-state index is 6.20. The monoisotopic (exact) mass is 249 g/mol. The molecule has 0 amide bonds. The molecule has 1 unspecified atom stereocenters. The Morgan fingerprint density at radius 3 is 2.60 bits per heavy atom. The van der Waals surface area contributed by atoms with Crippen molar-refractivity contribution in [3.8, 4) is 0 Å². The Morgan fingerprint density at radius 1 is 1.53 bits per heavy atom. The number of hydrogen-bond donors (Lipinski definition) is 2. The van der Waals surface area contributed by atoms with Crippen molar-refractivity contribution in [2.75, 3.05) is 12.4 Å². The van der Waals surface area contributed by atoms with E-state index in [1.807, 2.05) is 0 Å². The topological polar surface area (TPSA) is 36.4 Å². The van der Waals surface area contributed by atoms with Gasteiger partial charge < -0.3 is 5.32 Å². The molecule has 0 aromatic heterocycles. The van der Waals surface area contributed by atoms with Gasteiger partial charge in [0, 0.05) is 24.5 Å². The van der Waals surface area contributed by atoms with Crippen molar-refractivity contribution in [1.29, 1.82) is 0 Å². The van der Waals surface area contributed by atoms with Gasteiger partial charge in [-0.2, -0.15) is 0 Å². The number of aliphatic imine (C=N–C) groups is 1. The second-order valence-electron chi connectivity index (χ2n) is 4.79. The molecule has 0 saturated carbocycles. The molecule has 0 radical (unpaired) electrons. The summed E-state index contributed by atoms with van der Waals surface area (Å²) < 4.78 is 0. The van der Waals surface area contributed by atoms with E-state index in [0.29, 0.717) is 5.88 Å². The molecule has 5 heteroatoms. The van der Waals surface area contributed by atoms with Crippen LogP contribution in [0.15, 0.2) is 16.8 Å². The van der Waals surface area contributed by atoms with Gasteiger partial charge in [-0.25, -0.2) is 4.99 Å². The molecule has 1 rings (SSSR count). The minimum atomic E-state index is -0.928. The summed E-state index contributed by atoms with van der Waals surface area (Å²) in [5.41, 5.74) is 1.08. The van der Waals surface area contributed by atoms with Crippen LogP contribution in [0.25, 0.3) is 0 Å². The molecule has 86 valence electrons. The lowest BCUT2D eigenvalue weighted by Gasteiger charge is -2.30. The Labute approximate surface area is 101 Å². The van der Waals surface area contributed by atoms with Crippen molar-refractivity contribution in [2.24, 2.45) is 10.4 Å². The van der Waals surface area contributed by atoms with E-state index in [1.165, 1.54) is 0 Å². The lowest BCUT2D eigenvalue weighted by atomic mass is 9.97. The predicted molar refractivity (Wildman–Crippen MR) is 66.5 cm³/mol. The molecule has 1 aliphatic rings. The van der Waals surface area contributed by atoms with E-state index in [2.05, 4.69) is 36.4 Å². The first-order valence-corrected chi connectivity index (χ1v) is 5.78. The smallest absolute Gasteiger partial charge is 0.264 e. The first kappa shape index (κ1) is 12.8. The summed E-state index contributed by atoms with van der Waals surface area (Å²) in [7, 11) is 0. The standard InChI is InChI=1S/C10H17Cl2N3/c1-9(2,3)7-15-10(12)13-5-8(4-11)6-14-10/h5-6,13,15H,4,7H2,1-3H3. The van der Waals surface area contributed by atoms with Crippen LogP contribution in [0.4, 0.5) is 0 Å². The van der Waals surface area contributed by atoms with Crippen LogP contribution in [0.5, 0.6) is 0 Å². The Bertz CT molecular complexity index is 281. The SMILES string of the molecule is CC(C)(C)CNC1(Cl)N=CC(CCl)=CN1. The highest BCUT2D eigenvalue weighted by Crippen LogP contribution is 2.18. The quantitative estimate of drug-likeness (QED) is 0.595. The first-order valence-electron chi connectivity index (χ1n) is 4.86. The maximum absolute atomic E-state index is 6.20. The first-order chi connectivity index (χ1) is 6.85. The summed E-state index contributed by atoms with van der Waals surface area (Å²) in [5.74, 6) is 0.433.